The van der Waals surface area contributed by atoms with Gasteiger partial charge in [0, 0.05) is 41.2 Å². The molecular weight excluding hydrogens is 406 g/mol. The fraction of sp³-hybridized carbons (Fsp3) is 0.136. The summed E-state index contributed by atoms with van der Waals surface area (Å²) in [7, 11) is 0. The SMILES string of the molecule is O=C(c1cc2cccc([N+](=O)[O-])c2[nH]1)N1C[C@@H](CCl)c2c1cc(O)c1ccccc21. The van der Waals surface area contributed by atoms with Crippen molar-refractivity contribution in [3.63, 3.8) is 0 Å². The highest BCUT2D eigenvalue weighted by Gasteiger charge is 2.35. The Morgan fingerprint density at radius 3 is 2.70 bits per heavy atom. The molecule has 0 saturated heterocycles. The lowest BCUT2D eigenvalue weighted by molar-refractivity contribution is -0.383. The number of aromatic nitrogens is 1. The van der Waals surface area contributed by atoms with E-state index in [0.29, 0.717) is 34.4 Å². The van der Waals surface area contributed by atoms with Crippen LogP contribution < -0.4 is 4.90 Å². The molecule has 0 radical (unpaired) electrons. The summed E-state index contributed by atoms with van der Waals surface area (Å²) in [6.07, 6.45) is 0. The number of nitrogens with one attached hydrogen (secondary N) is 1. The number of carbonyl (C=O) groups is 1. The Bertz CT molecular complexity index is 1350. The van der Waals surface area contributed by atoms with Crippen LogP contribution in [0.4, 0.5) is 11.4 Å². The van der Waals surface area contributed by atoms with Crippen LogP contribution in [0.25, 0.3) is 21.7 Å². The number of phenolic OH excluding ortho intramolecular Hbond substituents is 1. The van der Waals surface area contributed by atoms with Crippen molar-refractivity contribution in [3.05, 3.63) is 76.0 Å². The maximum Gasteiger partial charge on any atom is 0.293 e. The van der Waals surface area contributed by atoms with Crippen LogP contribution in [0.2, 0.25) is 0 Å². The maximum absolute atomic E-state index is 13.4. The Hall–Kier alpha value is -3.58. The maximum atomic E-state index is 13.4. The number of nitro groups is 1. The zero-order valence-corrected chi connectivity index (χ0v) is 16.4. The molecule has 1 aromatic heterocycles. The number of fused-ring (bicyclic) bond motifs is 4. The molecule has 0 unspecified atom stereocenters. The zero-order valence-electron chi connectivity index (χ0n) is 15.6. The Morgan fingerprint density at radius 1 is 1.20 bits per heavy atom. The Kier molecular flexibility index (Phi) is 4.15. The molecule has 1 amide bonds. The summed E-state index contributed by atoms with van der Waals surface area (Å²) in [4.78, 5) is 28.7. The molecule has 2 heterocycles. The molecule has 4 aromatic rings. The van der Waals surface area contributed by atoms with Crippen LogP contribution in [0.1, 0.15) is 22.0 Å². The summed E-state index contributed by atoms with van der Waals surface area (Å²) in [5.41, 5.74) is 1.99. The highest BCUT2D eigenvalue weighted by Crippen LogP contribution is 2.45. The monoisotopic (exact) mass is 421 g/mol. The van der Waals surface area contributed by atoms with Gasteiger partial charge >= 0.3 is 0 Å². The molecule has 1 aliphatic heterocycles. The second kappa shape index (κ2) is 6.74. The number of non-ortho nitro benzene ring substituents is 1. The van der Waals surface area contributed by atoms with Gasteiger partial charge in [-0.3, -0.25) is 14.9 Å². The number of nitro benzene ring substituents is 1. The van der Waals surface area contributed by atoms with Gasteiger partial charge < -0.3 is 15.0 Å². The largest absolute Gasteiger partial charge is 0.507 e. The van der Waals surface area contributed by atoms with Crippen LogP contribution in [0.5, 0.6) is 5.75 Å². The van der Waals surface area contributed by atoms with Gasteiger partial charge in [-0.2, -0.15) is 0 Å². The number of rotatable bonds is 3. The van der Waals surface area contributed by atoms with E-state index in [1.165, 1.54) is 6.07 Å². The van der Waals surface area contributed by atoms with E-state index in [1.54, 1.807) is 29.2 Å². The molecular formula is C22H16ClN3O4. The first-order valence-corrected chi connectivity index (χ1v) is 9.91. The van der Waals surface area contributed by atoms with Crippen molar-refractivity contribution in [2.75, 3.05) is 17.3 Å². The minimum absolute atomic E-state index is 0.0874. The Labute approximate surface area is 175 Å². The average Bonchev–Trinajstić information content (AvgIpc) is 3.34. The molecule has 0 aliphatic carbocycles. The third-order valence-corrected chi connectivity index (χ3v) is 6.01. The van der Waals surface area contributed by atoms with E-state index in [4.69, 9.17) is 11.6 Å². The predicted molar refractivity (Wildman–Crippen MR) is 116 cm³/mol. The fourth-order valence-corrected chi connectivity index (χ4v) is 4.55. The molecule has 0 fully saturated rings. The summed E-state index contributed by atoms with van der Waals surface area (Å²) in [6, 6.07) is 15.4. The number of hydrogen-bond donors (Lipinski definition) is 2. The lowest BCUT2D eigenvalue weighted by atomic mass is 9.95. The number of para-hydroxylation sites is 1. The van der Waals surface area contributed by atoms with Crippen molar-refractivity contribution < 1.29 is 14.8 Å². The third kappa shape index (κ3) is 2.63. The number of carbonyl (C=O) groups excluding carboxylic acids is 1. The first kappa shape index (κ1) is 18.4. The Morgan fingerprint density at radius 2 is 1.97 bits per heavy atom. The Balaban J connectivity index is 1.65. The van der Waals surface area contributed by atoms with Gasteiger partial charge in [-0.05, 0) is 17.0 Å². The van der Waals surface area contributed by atoms with Crippen LogP contribution in [-0.4, -0.2) is 33.3 Å². The number of anilines is 1. The second-order valence-electron chi connectivity index (χ2n) is 7.32. The number of aromatic hydroxyl groups is 1. The summed E-state index contributed by atoms with van der Waals surface area (Å²) in [5, 5.41) is 24.0. The van der Waals surface area contributed by atoms with Gasteiger partial charge in [0.1, 0.15) is 17.0 Å². The summed E-state index contributed by atoms with van der Waals surface area (Å²) < 4.78 is 0. The lowest BCUT2D eigenvalue weighted by Gasteiger charge is -2.17. The normalized spacial score (nSPS) is 15.6. The molecule has 0 spiro atoms. The van der Waals surface area contributed by atoms with Gasteiger partial charge in [-0.1, -0.05) is 36.4 Å². The van der Waals surface area contributed by atoms with Crippen LogP contribution in [-0.2, 0) is 0 Å². The van der Waals surface area contributed by atoms with Crippen LogP contribution >= 0.6 is 11.6 Å². The number of halogens is 1. The van der Waals surface area contributed by atoms with E-state index in [1.807, 2.05) is 24.3 Å². The number of alkyl halides is 1. The molecule has 0 bridgehead atoms. The van der Waals surface area contributed by atoms with Crippen molar-refractivity contribution in [1.29, 1.82) is 0 Å². The quantitative estimate of drug-likeness (QED) is 0.278. The van der Waals surface area contributed by atoms with E-state index < -0.39 is 4.92 Å². The van der Waals surface area contributed by atoms with Crippen molar-refractivity contribution in [3.8, 4) is 5.75 Å². The predicted octanol–water partition coefficient (Wildman–Crippen LogP) is 4.92. The van der Waals surface area contributed by atoms with Gasteiger partial charge in [-0.25, -0.2) is 0 Å². The summed E-state index contributed by atoms with van der Waals surface area (Å²) in [5.74, 6) is -0.00692. The van der Waals surface area contributed by atoms with Gasteiger partial charge in [-0.15, -0.1) is 11.6 Å². The molecule has 2 N–H and O–H groups in total. The molecule has 0 saturated carbocycles. The zero-order chi connectivity index (χ0) is 21.0. The fourth-order valence-electron chi connectivity index (χ4n) is 4.30. The van der Waals surface area contributed by atoms with Crippen molar-refractivity contribution >= 4 is 50.6 Å². The molecule has 1 atom stereocenters. The topological polar surface area (TPSA) is 99.5 Å². The molecule has 8 heteroatoms. The van der Waals surface area contributed by atoms with E-state index >= 15 is 0 Å². The first-order chi connectivity index (χ1) is 14.5. The van der Waals surface area contributed by atoms with E-state index in [2.05, 4.69) is 4.98 Å². The molecule has 1 aliphatic rings. The van der Waals surface area contributed by atoms with Crippen molar-refractivity contribution in [2.45, 2.75) is 5.92 Å². The number of amides is 1. The number of aromatic amines is 1. The van der Waals surface area contributed by atoms with Crippen molar-refractivity contribution in [1.82, 2.24) is 4.98 Å². The molecule has 5 rings (SSSR count). The number of nitrogens with zero attached hydrogens (tertiary/aromatic N) is 2. The van der Waals surface area contributed by atoms with Crippen LogP contribution in [0.3, 0.4) is 0 Å². The van der Waals surface area contributed by atoms with Gasteiger partial charge in [0.2, 0.25) is 0 Å². The first-order valence-electron chi connectivity index (χ1n) is 9.38. The number of H-pyrrole nitrogens is 1. The van der Waals surface area contributed by atoms with E-state index in [0.717, 1.165) is 10.9 Å². The molecule has 30 heavy (non-hydrogen) atoms. The van der Waals surface area contributed by atoms with Gasteiger partial charge in [0.05, 0.1) is 10.6 Å². The van der Waals surface area contributed by atoms with Crippen LogP contribution in [0.15, 0.2) is 54.6 Å². The highest BCUT2D eigenvalue weighted by atomic mass is 35.5. The van der Waals surface area contributed by atoms with Gasteiger partial charge in [0.25, 0.3) is 11.6 Å². The highest BCUT2D eigenvalue weighted by molar-refractivity contribution is 6.19. The third-order valence-electron chi connectivity index (χ3n) is 5.64. The summed E-state index contributed by atoms with van der Waals surface area (Å²) >= 11 is 6.23. The molecule has 7 nitrogen and oxygen atoms in total. The number of hydrogen-bond acceptors (Lipinski definition) is 4. The number of phenols is 1. The number of benzene rings is 3. The van der Waals surface area contributed by atoms with Crippen LogP contribution in [0, 0.1) is 10.1 Å². The summed E-state index contributed by atoms with van der Waals surface area (Å²) in [6.45, 7) is 0.364. The average molecular weight is 422 g/mol. The van der Waals surface area contributed by atoms with E-state index in [-0.39, 0.29) is 29.0 Å². The molecule has 3 aromatic carbocycles. The second-order valence-corrected chi connectivity index (χ2v) is 7.63. The minimum atomic E-state index is -0.480. The standard InChI is InChI=1S/C22H16ClN3O4/c23-10-13-11-25(18-9-19(27)14-5-1-2-6-15(14)20(13)18)22(28)16-8-12-4-3-7-17(26(29)30)21(12)24-16/h1-9,13,24,27H,10-11H2/t13-/m1/s1. The van der Waals surface area contributed by atoms with Crippen molar-refractivity contribution in [2.24, 2.45) is 0 Å². The lowest BCUT2D eigenvalue weighted by Crippen LogP contribution is -2.30. The minimum Gasteiger partial charge on any atom is -0.507 e. The van der Waals surface area contributed by atoms with Gasteiger partial charge in [0.15, 0.2) is 0 Å². The smallest absolute Gasteiger partial charge is 0.293 e. The molecule has 150 valence electrons. The van der Waals surface area contributed by atoms with E-state index in [9.17, 15) is 20.0 Å².